The first-order valence-electron chi connectivity index (χ1n) is 11.2. The number of nitrogens with zero attached hydrogens (tertiary/aromatic N) is 3. The highest BCUT2D eigenvalue weighted by Gasteiger charge is 2.20. The van der Waals surface area contributed by atoms with Gasteiger partial charge in [0.25, 0.3) is 5.91 Å². The normalized spacial score (nSPS) is 15.0. The fraction of sp³-hybridized carbons (Fsp3) is 0.192. The number of benzene rings is 2. The SMILES string of the molecule is CC.O=C(Nc1ccc(Cl)c(-c2ccc3cnccc3n2)c1)c1ccc(N2CCCS2=O)cc1. The summed E-state index contributed by atoms with van der Waals surface area (Å²) in [6, 6.07) is 18.2. The van der Waals surface area contributed by atoms with Crippen LogP contribution in [0, 0.1) is 0 Å². The molecule has 1 fully saturated rings. The predicted octanol–water partition coefficient (Wildman–Crippen LogP) is 6.10. The molecular formula is C26H25ClN4O2S. The first-order chi connectivity index (χ1) is 16.6. The molecule has 1 atom stereocenters. The molecule has 8 heteroatoms. The first-order valence-corrected chi connectivity index (χ1v) is 12.8. The number of halogens is 1. The van der Waals surface area contributed by atoms with Crippen molar-refractivity contribution < 1.29 is 9.00 Å². The van der Waals surface area contributed by atoms with Crippen molar-refractivity contribution in [3.8, 4) is 11.3 Å². The Labute approximate surface area is 206 Å². The highest BCUT2D eigenvalue weighted by molar-refractivity contribution is 7.86. The molecule has 1 aliphatic rings. The third kappa shape index (κ3) is 5.11. The number of nitrogens with one attached hydrogen (secondary N) is 1. The number of rotatable bonds is 4. The van der Waals surface area contributed by atoms with Gasteiger partial charge in [0.05, 0.1) is 16.2 Å². The predicted molar refractivity (Wildman–Crippen MR) is 141 cm³/mol. The van der Waals surface area contributed by atoms with E-state index in [1.165, 1.54) is 0 Å². The number of anilines is 2. The van der Waals surface area contributed by atoms with E-state index < -0.39 is 11.0 Å². The van der Waals surface area contributed by atoms with Crippen LogP contribution < -0.4 is 9.62 Å². The van der Waals surface area contributed by atoms with Gasteiger partial charge < -0.3 is 5.32 Å². The van der Waals surface area contributed by atoms with E-state index in [0.29, 0.717) is 27.7 Å². The van der Waals surface area contributed by atoms with Gasteiger partial charge in [-0.2, -0.15) is 0 Å². The van der Waals surface area contributed by atoms with Gasteiger partial charge in [-0.3, -0.25) is 14.1 Å². The Morgan fingerprint density at radius 1 is 1.06 bits per heavy atom. The number of hydrogen-bond donors (Lipinski definition) is 1. The first kappa shape index (κ1) is 23.9. The van der Waals surface area contributed by atoms with Gasteiger partial charge in [0.1, 0.15) is 11.0 Å². The smallest absolute Gasteiger partial charge is 0.255 e. The number of carbonyl (C=O) groups excluding carboxylic acids is 1. The number of amides is 1. The van der Waals surface area contributed by atoms with Crippen LogP contribution in [-0.4, -0.2) is 32.4 Å². The summed E-state index contributed by atoms with van der Waals surface area (Å²) in [5.74, 6) is 0.453. The molecule has 1 saturated heterocycles. The molecule has 0 saturated carbocycles. The quantitative estimate of drug-likeness (QED) is 0.373. The highest BCUT2D eigenvalue weighted by atomic mass is 35.5. The van der Waals surface area contributed by atoms with Crippen molar-refractivity contribution in [2.45, 2.75) is 20.3 Å². The zero-order valence-corrected chi connectivity index (χ0v) is 20.6. The average molecular weight is 493 g/mol. The van der Waals surface area contributed by atoms with Crippen molar-refractivity contribution in [1.82, 2.24) is 9.97 Å². The van der Waals surface area contributed by atoms with E-state index in [-0.39, 0.29) is 5.91 Å². The molecule has 0 bridgehead atoms. The minimum Gasteiger partial charge on any atom is -0.322 e. The van der Waals surface area contributed by atoms with Crippen LogP contribution in [0.1, 0.15) is 30.6 Å². The van der Waals surface area contributed by atoms with Gasteiger partial charge in [0.2, 0.25) is 0 Å². The van der Waals surface area contributed by atoms with E-state index in [4.69, 9.17) is 11.6 Å². The molecule has 0 spiro atoms. The number of aromatic nitrogens is 2. The van der Waals surface area contributed by atoms with Crippen LogP contribution in [0.3, 0.4) is 0 Å². The van der Waals surface area contributed by atoms with Gasteiger partial charge in [-0.1, -0.05) is 25.4 Å². The second-order valence-corrected chi connectivity index (χ2v) is 9.34. The molecule has 0 radical (unpaired) electrons. The van der Waals surface area contributed by atoms with Crippen molar-refractivity contribution in [2.24, 2.45) is 0 Å². The Bertz CT molecular complexity index is 1340. The maximum Gasteiger partial charge on any atom is 0.255 e. The number of pyridine rings is 2. The van der Waals surface area contributed by atoms with Crippen molar-refractivity contribution in [3.63, 3.8) is 0 Å². The van der Waals surface area contributed by atoms with Crippen LogP contribution in [0.15, 0.2) is 73.1 Å². The van der Waals surface area contributed by atoms with Gasteiger partial charge in [0, 0.05) is 52.6 Å². The van der Waals surface area contributed by atoms with Crippen molar-refractivity contribution in [3.05, 3.63) is 83.6 Å². The zero-order chi connectivity index (χ0) is 24.1. The van der Waals surface area contributed by atoms with Crippen LogP contribution in [0.25, 0.3) is 22.2 Å². The fourth-order valence-corrected chi connectivity index (χ4v) is 5.19. The van der Waals surface area contributed by atoms with E-state index in [1.807, 2.05) is 54.6 Å². The van der Waals surface area contributed by atoms with Crippen LogP contribution in [-0.2, 0) is 11.0 Å². The topological polar surface area (TPSA) is 75.2 Å². The summed E-state index contributed by atoms with van der Waals surface area (Å²) in [7, 11) is -0.982. The van der Waals surface area contributed by atoms with E-state index in [1.54, 1.807) is 36.7 Å². The molecule has 34 heavy (non-hydrogen) atoms. The molecule has 6 nitrogen and oxygen atoms in total. The lowest BCUT2D eigenvalue weighted by atomic mass is 10.1. The van der Waals surface area contributed by atoms with Crippen molar-refractivity contribution in [1.29, 1.82) is 0 Å². The molecule has 3 heterocycles. The van der Waals surface area contributed by atoms with Gasteiger partial charge in [-0.25, -0.2) is 9.19 Å². The lowest BCUT2D eigenvalue weighted by Gasteiger charge is -2.16. The van der Waals surface area contributed by atoms with Gasteiger partial charge in [0.15, 0.2) is 0 Å². The van der Waals surface area contributed by atoms with Gasteiger partial charge >= 0.3 is 0 Å². The second-order valence-electron chi connectivity index (χ2n) is 7.44. The van der Waals surface area contributed by atoms with Crippen LogP contribution in [0.2, 0.25) is 5.02 Å². The van der Waals surface area contributed by atoms with Crippen LogP contribution in [0.5, 0.6) is 0 Å². The molecule has 174 valence electrons. The lowest BCUT2D eigenvalue weighted by molar-refractivity contribution is 0.102. The molecule has 0 aliphatic carbocycles. The number of hydrogen-bond acceptors (Lipinski definition) is 4. The summed E-state index contributed by atoms with van der Waals surface area (Å²) in [6.45, 7) is 4.77. The molecular weight excluding hydrogens is 468 g/mol. The molecule has 1 N–H and O–H groups in total. The van der Waals surface area contributed by atoms with Crippen LogP contribution in [0.4, 0.5) is 11.4 Å². The van der Waals surface area contributed by atoms with Gasteiger partial charge in [-0.05, 0) is 67.1 Å². The molecule has 4 aromatic rings. The largest absolute Gasteiger partial charge is 0.322 e. The van der Waals surface area contributed by atoms with E-state index in [2.05, 4.69) is 15.3 Å². The summed E-state index contributed by atoms with van der Waals surface area (Å²) in [6.07, 6.45) is 4.37. The Balaban J connectivity index is 0.00000133. The molecule has 1 aliphatic heterocycles. The summed E-state index contributed by atoms with van der Waals surface area (Å²) in [5, 5.41) is 4.41. The van der Waals surface area contributed by atoms with Crippen molar-refractivity contribution >= 4 is 50.8 Å². The summed E-state index contributed by atoms with van der Waals surface area (Å²) >= 11 is 6.43. The average Bonchev–Trinajstić information content (AvgIpc) is 3.32. The third-order valence-corrected chi connectivity index (χ3v) is 7.19. The van der Waals surface area contributed by atoms with E-state index >= 15 is 0 Å². The standard InChI is InChI=1S/C24H19ClN4O2S.C2H6/c25-21-8-5-18(14-20(21)23-9-4-17-15-26-11-10-22(17)28-23)27-24(30)16-2-6-19(7-3-16)29-12-1-13-32(29)31;1-2/h2-11,14-15H,1,12-13H2,(H,27,30);1-2H3. The third-order valence-electron chi connectivity index (χ3n) is 5.33. The second kappa shape index (κ2) is 10.8. The van der Waals surface area contributed by atoms with Gasteiger partial charge in [-0.15, -0.1) is 0 Å². The Morgan fingerprint density at radius 3 is 2.59 bits per heavy atom. The Kier molecular flexibility index (Phi) is 7.55. The number of carbonyl (C=O) groups is 1. The molecule has 5 rings (SSSR count). The Hall–Kier alpha value is -3.29. The zero-order valence-electron chi connectivity index (χ0n) is 19.0. The lowest BCUT2D eigenvalue weighted by Crippen LogP contribution is -2.19. The summed E-state index contributed by atoms with van der Waals surface area (Å²) in [5.41, 5.74) is 4.27. The Morgan fingerprint density at radius 2 is 1.85 bits per heavy atom. The van der Waals surface area contributed by atoms with Crippen molar-refractivity contribution in [2.75, 3.05) is 21.9 Å². The van der Waals surface area contributed by atoms with E-state index in [0.717, 1.165) is 35.1 Å². The van der Waals surface area contributed by atoms with Crippen LogP contribution >= 0.6 is 11.6 Å². The molecule has 1 amide bonds. The molecule has 2 aromatic heterocycles. The molecule has 2 aromatic carbocycles. The molecule has 1 unspecified atom stereocenters. The maximum atomic E-state index is 12.8. The summed E-state index contributed by atoms with van der Waals surface area (Å²) in [4.78, 5) is 21.6. The summed E-state index contributed by atoms with van der Waals surface area (Å²) < 4.78 is 13.9. The minimum atomic E-state index is -0.982. The minimum absolute atomic E-state index is 0.232. The maximum absolute atomic E-state index is 12.8. The highest BCUT2D eigenvalue weighted by Crippen LogP contribution is 2.31. The number of fused-ring (bicyclic) bond motifs is 1. The van der Waals surface area contributed by atoms with E-state index in [9.17, 15) is 9.00 Å². The monoisotopic (exact) mass is 492 g/mol. The fourth-order valence-electron chi connectivity index (χ4n) is 3.69.